The summed E-state index contributed by atoms with van der Waals surface area (Å²) in [6, 6.07) is 5.49. The van der Waals surface area contributed by atoms with E-state index in [2.05, 4.69) is 0 Å². The van der Waals surface area contributed by atoms with Crippen LogP contribution in [0.2, 0.25) is 0 Å². The smallest absolute Gasteiger partial charge is 0.122 e. The molecule has 4 heteroatoms. The van der Waals surface area contributed by atoms with Crippen LogP contribution in [0.25, 0.3) is 0 Å². The molecule has 1 N–H and O–H groups in total. The lowest BCUT2D eigenvalue weighted by Gasteiger charge is -2.28. The predicted octanol–water partition coefficient (Wildman–Crippen LogP) is 1.95. The molecule has 0 spiro atoms. The van der Waals surface area contributed by atoms with Crippen LogP contribution in [0.15, 0.2) is 18.2 Å². The summed E-state index contributed by atoms with van der Waals surface area (Å²) in [5.74, 6) is 1.62. The van der Waals surface area contributed by atoms with Crippen LogP contribution in [0.3, 0.4) is 0 Å². The number of methoxy groups -OCH3 is 3. The van der Waals surface area contributed by atoms with Gasteiger partial charge in [-0.05, 0) is 36.5 Å². The maximum Gasteiger partial charge on any atom is 0.122 e. The Morgan fingerprint density at radius 1 is 1.11 bits per heavy atom. The summed E-state index contributed by atoms with van der Waals surface area (Å²) in [6.45, 7) is 0.286. The lowest BCUT2D eigenvalue weighted by atomic mass is 9.89. The van der Waals surface area contributed by atoms with Crippen molar-refractivity contribution in [1.29, 1.82) is 0 Å². The second-order valence-corrected chi connectivity index (χ2v) is 4.73. The number of ether oxygens (including phenoxy) is 3. The molecule has 1 atom stereocenters. The van der Waals surface area contributed by atoms with Crippen LogP contribution in [0, 0.1) is 5.92 Å². The highest BCUT2D eigenvalue weighted by molar-refractivity contribution is 5.41. The van der Waals surface area contributed by atoms with Crippen LogP contribution < -0.4 is 9.47 Å². The number of rotatable bonds is 6. The second kappa shape index (κ2) is 5.16. The Balaban J connectivity index is 2.40. The van der Waals surface area contributed by atoms with Crippen molar-refractivity contribution in [2.24, 2.45) is 5.92 Å². The molecule has 1 unspecified atom stereocenters. The number of benzene rings is 1. The van der Waals surface area contributed by atoms with E-state index in [1.54, 1.807) is 27.4 Å². The minimum Gasteiger partial charge on any atom is -0.497 e. The highest BCUT2D eigenvalue weighted by atomic mass is 16.5. The monoisotopic (exact) mass is 252 g/mol. The zero-order valence-electron chi connectivity index (χ0n) is 11.1. The van der Waals surface area contributed by atoms with Gasteiger partial charge in [-0.25, -0.2) is 0 Å². The third kappa shape index (κ3) is 2.44. The average molecular weight is 252 g/mol. The van der Waals surface area contributed by atoms with Crippen molar-refractivity contribution in [1.82, 2.24) is 0 Å². The van der Waals surface area contributed by atoms with Crippen LogP contribution in [0.4, 0.5) is 0 Å². The van der Waals surface area contributed by atoms with Crippen molar-refractivity contribution in [3.05, 3.63) is 23.8 Å². The van der Waals surface area contributed by atoms with E-state index in [1.165, 1.54) is 0 Å². The van der Waals surface area contributed by atoms with Crippen LogP contribution in [0.1, 0.15) is 18.4 Å². The van der Waals surface area contributed by atoms with Gasteiger partial charge in [0.2, 0.25) is 0 Å². The van der Waals surface area contributed by atoms with Gasteiger partial charge in [0.1, 0.15) is 17.1 Å². The Bertz CT molecular complexity index is 392. The molecule has 0 saturated heterocycles. The molecule has 2 rings (SSSR count). The average Bonchev–Trinajstić information content (AvgIpc) is 3.22. The first-order valence-electron chi connectivity index (χ1n) is 6.09. The molecule has 0 heterocycles. The van der Waals surface area contributed by atoms with Gasteiger partial charge >= 0.3 is 0 Å². The Labute approximate surface area is 107 Å². The van der Waals surface area contributed by atoms with E-state index in [4.69, 9.17) is 14.2 Å². The van der Waals surface area contributed by atoms with Crippen LogP contribution in [0.5, 0.6) is 11.5 Å². The molecule has 1 aromatic carbocycles. The molecular weight excluding hydrogens is 232 g/mol. The van der Waals surface area contributed by atoms with Gasteiger partial charge in [-0.15, -0.1) is 0 Å². The maximum atomic E-state index is 10.8. The van der Waals surface area contributed by atoms with Crippen molar-refractivity contribution in [3.8, 4) is 11.5 Å². The minimum atomic E-state index is -0.948. The largest absolute Gasteiger partial charge is 0.497 e. The Kier molecular flexibility index (Phi) is 3.78. The van der Waals surface area contributed by atoms with E-state index in [0.717, 1.165) is 18.4 Å². The molecule has 1 aliphatic carbocycles. The summed E-state index contributed by atoms with van der Waals surface area (Å²) in [6.07, 6.45) is 2.05. The minimum absolute atomic E-state index is 0.259. The summed E-state index contributed by atoms with van der Waals surface area (Å²) in [4.78, 5) is 0. The lowest BCUT2D eigenvalue weighted by Crippen LogP contribution is -2.33. The molecule has 1 fully saturated rings. The fourth-order valence-corrected chi connectivity index (χ4v) is 2.28. The fraction of sp³-hybridized carbons (Fsp3) is 0.571. The number of hydrogen-bond acceptors (Lipinski definition) is 4. The SMILES string of the molecule is COCC(O)(c1cc(OC)cc(OC)c1)C1CC1. The molecule has 4 nitrogen and oxygen atoms in total. The highest BCUT2D eigenvalue weighted by Gasteiger charge is 2.45. The molecule has 1 aliphatic rings. The van der Waals surface area contributed by atoms with E-state index in [0.29, 0.717) is 11.5 Å². The van der Waals surface area contributed by atoms with E-state index >= 15 is 0 Å². The van der Waals surface area contributed by atoms with E-state index < -0.39 is 5.60 Å². The summed E-state index contributed by atoms with van der Waals surface area (Å²) >= 11 is 0. The van der Waals surface area contributed by atoms with Crippen molar-refractivity contribution in [3.63, 3.8) is 0 Å². The van der Waals surface area contributed by atoms with E-state index in [9.17, 15) is 5.11 Å². The Hall–Kier alpha value is -1.26. The van der Waals surface area contributed by atoms with Gasteiger partial charge in [-0.2, -0.15) is 0 Å². The van der Waals surface area contributed by atoms with Gasteiger partial charge in [0.05, 0.1) is 20.8 Å². The van der Waals surface area contributed by atoms with Gasteiger partial charge in [0, 0.05) is 13.2 Å². The van der Waals surface area contributed by atoms with Crippen molar-refractivity contribution < 1.29 is 19.3 Å². The molecule has 0 aromatic heterocycles. The van der Waals surface area contributed by atoms with Crippen molar-refractivity contribution in [2.45, 2.75) is 18.4 Å². The molecule has 0 bridgehead atoms. The number of hydrogen-bond donors (Lipinski definition) is 1. The molecule has 1 saturated carbocycles. The Morgan fingerprint density at radius 3 is 2.06 bits per heavy atom. The van der Waals surface area contributed by atoms with Gasteiger partial charge in [-0.3, -0.25) is 0 Å². The molecule has 0 radical (unpaired) electrons. The van der Waals surface area contributed by atoms with Gasteiger partial charge < -0.3 is 19.3 Å². The van der Waals surface area contributed by atoms with Gasteiger partial charge in [-0.1, -0.05) is 0 Å². The molecular formula is C14H20O4. The topological polar surface area (TPSA) is 47.9 Å². The highest BCUT2D eigenvalue weighted by Crippen LogP contribution is 2.47. The summed E-state index contributed by atoms with van der Waals surface area (Å²) in [5, 5.41) is 10.8. The van der Waals surface area contributed by atoms with Crippen LogP contribution >= 0.6 is 0 Å². The van der Waals surface area contributed by atoms with E-state index in [1.807, 2.05) is 12.1 Å². The molecule has 100 valence electrons. The van der Waals surface area contributed by atoms with Gasteiger partial charge in [0.15, 0.2) is 0 Å². The number of aliphatic hydroxyl groups is 1. The molecule has 0 amide bonds. The second-order valence-electron chi connectivity index (χ2n) is 4.73. The molecule has 18 heavy (non-hydrogen) atoms. The predicted molar refractivity (Wildman–Crippen MR) is 68.0 cm³/mol. The third-order valence-corrected chi connectivity index (χ3v) is 3.47. The third-order valence-electron chi connectivity index (χ3n) is 3.47. The van der Waals surface area contributed by atoms with Gasteiger partial charge in [0.25, 0.3) is 0 Å². The first-order valence-corrected chi connectivity index (χ1v) is 6.09. The standard InChI is InChI=1S/C14H20O4/c1-16-9-14(15,10-4-5-10)11-6-12(17-2)8-13(7-11)18-3/h6-8,10,15H,4-5,9H2,1-3H3. The fourth-order valence-electron chi connectivity index (χ4n) is 2.28. The summed E-state index contributed by atoms with van der Waals surface area (Å²) in [5.41, 5.74) is -0.153. The first kappa shape index (κ1) is 13.2. The maximum absolute atomic E-state index is 10.8. The van der Waals surface area contributed by atoms with Crippen molar-refractivity contribution in [2.75, 3.05) is 27.9 Å². The van der Waals surface area contributed by atoms with E-state index in [-0.39, 0.29) is 12.5 Å². The lowest BCUT2D eigenvalue weighted by molar-refractivity contribution is -0.0534. The quantitative estimate of drug-likeness (QED) is 0.840. The van der Waals surface area contributed by atoms with Crippen LogP contribution in [-0.2, 0) is 10.3 Å². The summed E-state index contributed by atoms with van der Waals surface area (Å²) in [7, 11) is 4.81. The summed E-state index contributed by atoms with van der Waals surface area (Å²) < 4.78 is 15.7. The molecule has 1 aromatic rings. The zero-order valence-corrected chi connectivity index (χ0v) is 11.1. The first-order chi connectivity index (χ1) is 8.63. The Morgan fingerprint density at radius 2 is 1.67 bits per heavy atom. The molecule has 0 aliphatic heterocycles. The van der Waals surface area contributed by atoms with Crippen LogP contribution in [-0.4, -0.2) is 33.0 Å². The normalized spacial score (nSPS) is 18.2. The van der Waals surface area contributed by atoms with Crippen molar-refractivity contribution >= 4 is 0 Å². The zero-order chi connectivity index (χ0) is 13.2.